The van der Waals surface area contributed by atoms with Gasteiger partial charge < -0.3 is 15.5 Å². The quantitative estimate of drug-likeness (QED) is 0.856. The van der Waals surface area contributed by atoms with Gasteiger partial charge in [-0.25, -0.2) is 0 Å². The van der Waals surface area contributed by atoms with Crippen LogP contribution in [-0.2, 0) is 0 Å². The number of rotatable bonds is 3. The number of nitrogens with one attached hydrogen (secondary N) is 2. The zero-order chi connectivity index (χ0) is 18.4. The summed E-state index contributed by atoms with van der Waals surface area (Å²) in [6.07, 6.45) is 6.82. The van der Waals surface area contributed by atoms with Crippen LogP contribution in [0.2, 0.25) is 0 Å². The van der Waals surface area contributed by atoms with Gasteiger partial charge >= 0.3 is 0 Å². The second-order valence-corrected chi connectivity index (χ2v) is 9.16. The normalized spacial score (nSPS) is 27.3. The Kier molecular flexibility index (Phi) is 4.40. The van der Waals surface area contributed by atoms with Gasteiger partial charge in [-0.05, 0) is 68.2 Å². The van der Waals surface area contributed by atoms with Crippen LogP contribution in [-0.4, -0.2) is 47.9 Å². The van der Waals surface area contributed by atoms with Crippen molar-refractivity contribution in [3.05, 3.63) is 34.7 Å². The Balaban J connectivity index is 1.32. The van der Waals surface area contributed by atoms with Crippen molar-refractivity contribution in [3.63, 3.8) is 0 Å². The molecule has 0 radical (unpaired) electrons. The van der Waals surface area contributed by atoms with Crippen molar-refractivity contribution < 1.29 is 9.59 Å². The number of likely N-dealkylation sites (tertiary alicyclic amines) is 1. The monoisotopic (exact) mass is 383 g/mol. The minimum absolute atomic E-state index is 0.00800. The first-order valence-corrected chi connectivity index (χ1v) is 10.9. The van der Waals surface area contributed by atoms with Crippen molar-refractivity contribution in [1.29, 1.82) is 0 Å². The van der Waals surface area contributed by atoms with Crippen LogP contribution in [0.15, 0.2) is 24.3 Å². The summed E-state index contributed by atoms with van der Waals surface area (Å²) >= 11 is 1.53. The molecule has 3 aliphatic heterocycles. The summed E-state index contributed by atoms with van der Waals surface area (Å²) in [6, 6.07) is 8.97. The average Bonchev–Trinajstić information content (AvgIpc) is 3.42. The van der Waals surface area contributed by atoms with Crippen molar-refractivity contribution in [3.8, 4) is 0 Å². The van der Waals surface area contributed by atoms with Crippen molar-refractivity contribution in [2.24, 2.45) is 0 Å². The zero-order valence-electron chi connectivity index (χ0n) is 15.4. The van der Waals surface area contributed by atoms with Gasteiger partial charge in [0.25, 0.3) is 11.8 Å². The number of fused-ring (bicyclic) bond motifs is 3. The van der Waals surface area contributed by atoms with Crippen molar-refractivity contribution in [2.45, 2.75) is 56.7 Å². The molecule has 2 bridgehead atoms. The molecule has 0 unspecified atom stereocenters. The third-order valence-electron chi connectivity index (χ3n) is 6.25. The van der Waals surface area contributed by atoms with E-state index in [1.165, 1.54) is 24.2 Å². The Morgan fingerprint density at radius 2 is 1.96 bits per heavy atom. The fourth-order valence-electron chi connectivity index (χ4n) is 4.78. The lowest BCUT2D eigenvalue weighted by Gasteiger charge is -2.26. The fourth-order valence-corrected chi connectivity index (χ4v) is 5.79. The number of hydrogen-bond donors (Lipinski definition) is 2. The van der Waals surface area contributed by atoms with Crippen molar-refractivity contribution >= 4 is 33.2 Å². The summed E-state index contributed by atoms with van der Waals surface area (Å²) < 4.78 is 1.06. The van der Waals surface area contributed by atoms with Crippen LogP contribution >= 0.6 is 11.3 Å². The molecule has 0 aliphatic carbocycles. The maximum atomic E-state index is 12.7. The fraction of sp³-hybridized carbons (Fsp3) is 0.524. The second kappa shape index (κ2) is 6.91. The molecule has 27 heavy (non-hydrogen) atoms. The summed E-state index contributed by atoms with van der Waals surface area (Å²) in [6.45, 7) is 1.72. The highest BCUT2D eigenvalue weighted by molar-refractivity contribution is 7.20. The molecule has 2 amide bonds. The van der Waals surface area contributed by atoms with E-state index in [9.17, 15) is 9.59 Å². The lowest BCUT2D eigenvalue weighted by atomic mass is 9.95. The second-order valence-electron chi connectivity index (χ2n) is 8.08. The molecule has 6 heteroatoms. The van der Waals surface area contributed by atoms with Gasteiger partial charge in [-0.15, -0.1) is 11.3 Å². The molecule has 5 rings (SSSR count). The maximum absolute atomic E-state index is 12.7. The molecule has 0 saturated carbocycles. The standard InChI is InChI=1S/C21H25N3O2S/c25-20(23-17-12-15-5-6-16(17)22-15)13-4-7-18-14(10-13)11-19(27-18)21(26)24-8-2-1-3-9-24/h4,7,10-11,15-17,22H,1-3,5-6,8-9,12H2,(H,23,25)/t15-,16+,17-/m1/s1. The summed E-state index contributed by atoms with van der Waals surface area (Å²) in [4.78, 5) is 28.2. The smallest absolute Gasteiger partial charge is 0.263 e. The molecular weight excluding hydrogens is 358 g/mol. The van der Waals surface area contributed by atoms with Crippen LogP contribution in [0.3, 0.4) is 0 Å². The van der Waals surface area contributed by atoms with Gasteiger partial charge in [-0.2, -0.15) is 0 Å². The van der Waals surface area contributed by atoms with Crippen LogP contribution < -0.4 is 10.6 Å². The molecule has 4 heterocycles. The Labute approximate surface area is 163 Å². The van der Waals surface area contributed by atoms with E-state index in [0.717, 1.165) is 53.7 Å². The molecular formula is C21H25N3O2S. The van der Waals surface area contributed by atoms with Gasteiger partial charge in [0.15, 0.2) is 0 Å². The minimum atomic E-state index is -0.00800. The number of carbonyl (C=O) groups is 2. The number of thiophene rings is 1. The van der Waals surface area contributed by atoms with E-state index in [1.807, 2.05) is 29.2 Å². The average molecular weight is 384 g/mol. The zero-order valence-corrected chi connectivity index (χ0v) is 16.2. The molecule has 5 nitrogen and oxygen atoms in total. The molecule has 3 saturated heterocycles. The molecule has 2 aromatic rings. The Morgan fingerprint density at radius 3 is 2.70 bits per heavy atom. The van der Waals surface area contributed by atoms with Gasteiger partial charge in [-0.1, -0.05) is 0 Å². The molecule has 3 aliphatic rings. The lowest BCUT2D eigenvalue weighted by molar-refractivity contribution is 0.0729. The Hall–Kier alpha value is -1.92. The van der Waals surface area contributed by atoms with Crippen LogP contribution in [0.25, 0.3) is 10.1 Å². The van der Waals surface area contributed by atoms with Gasteiger partial charge in [0, 0.05) is 41.5 Å². The molecule has 1 aromatic carbocycles. The topological polar surface area (TPSA) is 61.4 Å². The number of carbonyl (C=O) groups excluding carboxylic acids is 2. The van der Waals surface area contributed by atoms with Crippen molar-refractivity contribution in [1.82, 2.24) is 15.5 Å². The van der Waals surface area contributed by atoms with Crippen molar-refractivity contribution in [2.75, 3.05) is 13.1 Å². The van der Waals surface area contributed by atoms with Crippen LogP contribution in [0.1, 0.15) is 58.6 Å². The number of piperidine rings is 1. The first-order valence-electron chi connectivity index (χ1n) is 10.1. The van der Waals surface area contributed by atoms with Gasteiger partial charge in [0.2, 0.25) is 0 Å². The summed E-state index contributed by atoms with van der Waals surface area (Å²) in [5.41, 5.74) is 0.681. The van der Waals surface area contributed by atoms with Crippen LogP contribution in [0.4, 0.5) is 0 Å². The maximum Gasteiger partial charge on any atom is 0.263 e. The molecule has 3 fully saturated rings. The summed E-state index contributed by atoms with van der Waals surface area (Å²) in [5, 5.41) is 7.74. The third kappa shape index (κ3) is 3.25. The van der Waals surface area contributed by atoms with E-state index in [-0.39, 0.29) is 17.9 Å². The highest BCUT2D eigenvalue weighted by atomic mass is 32.1. The van der Waals surface area contributed by atoms with Gasteiger partial charge in [-0.3, -0.25) is 9.59 Å². The SMILES string of the molecule is O=C(N[C@@H]1C[C@H]2CC[C@@H]1N2)c1ccc2sc(C(=O)N3CCCCC3)cc2c1. The van der Waals surface area contributed by atoms with E-state index in [4.69, 9.17) is 0 Å². The number of benzene rings is 1. The van der Waals surface area contributed by atoms with E-state index in [0.29, 0.717) is 17.6 Å². The van der Waals surface area contributed by atoms with Gasteiger partial charge in [0.1, 0.15) is 0 Å². The Morgan fingerprint density at radius 1 is 1.11 bits per heavy atom. The first-order chi connectivity index (χ1) is 13.2. The Bertz CT molecular complexity index is 887. The first kappa shape index (κ1) is 17.2. The highest BCUT2D eigenvalue weighted by Crippen LogP contribution is 2.30. The number of amides is 2. The predicted molar refractivity (Wildman–Crippen MR) is 107 cm³/mol. The molecule has 2 N–H and O–H groups in total. The third-order valence-corrected chi connectivity index (χ3v) is 7.35. The van der Waals surface area contributed by atoms with Crippen LogP contribution in [0, 0.1) is 0 Å². The number of nitrogens with zero attached hydrogens (tertiary/aromatic N) is 1. The van der Waals surface area contributed by atoms with E-state index in [1.54, 1.807) is 0 Å². The van der Waals surface area contributed by atoms with E-state index >= 15 is 0 Å². The predicted octanol–water partition coefficient (Wildman–Crippen LogP) is 3.15. The summed E-state index contributed by atoms with van der Waals surface area (Å²) in [5.74, 6) is 0.126. The van der Waals surface area contributed by atoms with Gasteiger partial charge in [0.05, 0.1) is 4.88 Å². The summed E-state index contributed by atoms with van der Waals surface area (Å²) in [7, 11) is 0. The molecule has 3 atom stereocenters. The van der Waals surface area contributed by atoms with E-state index in [2.05, 4.69) is 10.6 Å². The minimum Gasteiger partial charge on any atom is -0.348 e. The van der Waals surface area contributed by atoms with E-state index < -0.39 is 0 Å². The highest BCUT2D eigenvalue weighted by Gasteiger charge is 2.39. The molecule has 0 spiro atoms. The lowest BCUT2D eigenvalue weighted by Crippen LogP contribution is -2.42. The van der Waals surface area contributed by atoms with Crippen LogP contribution in [0.5, 0.6) is 0 Å². The molecule has 1 aromatic heterocycles. The largest absolute Gasteiger partial charge is 0.348 e. The molecule has 142 valence electrons. The number of hydrogen-bond acceptors (Lipinski definition) is 4.